The van der Waals surface area contributed by atoms with Gasteiger partial charge in [0.05, 0.1) is 31.3 Å². The van der Waals surface area contributed by atoms with Crippen LogP contribution in [0.15, 0.2) is 79.1 Å². The van der Waals surface area contributed by atoms with Crippen LogP contribution in [0.4, 0.5) is 5.95 Å². The van der Waals surface area contributed by atoms with Gasteiger partial charge in [-0.2, -0.15) is 4.98 Å². The van der Waals surface area contributed by atoms with Crippen LogP contribution in [0.3, 0.4) is 0 Å². The third-order valence-electron chi connectivity index (χ3n) is 11.7. The van der Waals surface area contributed by atoms with Crippen molar-refractivity contribution >= 4 is 28.8 Å². The molecule has 0 spiro atoms. The maximum absolute atomic E-state index is 12.5. The van der Waals surface area contributed by atoms with Crippen LogP contribution in [-0.2, 0) is 28.9 Å². The first-order valence-corrected chi connectivity index (χ1v) is 21.0. The van der Waals surface area contributed by atoms with Gasteiger partial charge < -0.3 is 24.5 Å². The standard InChI is InChI=1S/C46H55N7O5/c1-2-3-19-47-46-48-29-39-40(31-53(44(39)50-46)36-14-16-37(54)17-15-36)34-12-10-33(11-13-34)30-52-22-20-51(21-23-52)24-26-57-25-18-32-6-4-8-38(27-32)58-41-9-5-7-35-28-42(55)49-45(56)43(35)41/h4-13,27,29,31,36-37,54H,2-3,14-26,28,30H2,1H3,(H,47,48,50)(H,49,55,56)/t36-,37-. The summed E-state index contributed by atoms with van der Waals surface area (Å²) in [5, 5.41) is 17.0. The summed E-state index contributed by atoms with van der Waals surface area (Å²) in [6.45, 7) is 10.2. The van der Waals surface area contributed by atoms with Crippen molar-refractivity contribution in [2.75, 3.05) is 57.8 Å². The molecule has 2 amide bonds. The Hall–Kier alpha value is -5.14. The number of aliphatic hydroxyl groups excluding tert-OH is 1. The van der Waals surface area contributed by atoms with E-state index >= 15 is 0 Å². The first-order chi connectivity index (χ1) is 28.4. The van der Waals surface area contributed by atoms with Crippen LogP contribution >= 0.6 is 0 Å². The minimum atomic E-state index is -0.422. The Kier molecular flexibility index (Phi) is 12.7. The molecule has 304 valence electrons. The van der Waals surface area contributed by atoms with Crippen LogP contribution in [0.1, 0.15) is 78.5 Å². The van der Waals surface area contributed by atoms with Crippen molar-refractivity contribution in [3.63, 3.8) is 0 Å². The number of hydrogen-bond donors (Lipinski definition) is 3. The number of ether oxygens (including phenoxy) is 2. The summed E-state index contributed by atoms with van der Waals surface area (Å²) in [4.78, 5) is 39.0. The van der Waals surface area contributed by atoms with Gasteiger partial charge in [0.2, 0.25) is 11.9 Å². The van der Waals surface area contributed by atoms with E-state index in [2.05, 4.69) is 73.4 Å². The lowest BCUT2D eigenvalue weighted by Gasteiger charge is -2.34. The fourth-order valence-corrected chi connectivity index (χ4v) is 8.41. The molecule has 2 fully saturated rings. The van der Waals surface area contributed by atoms with E-state index in [0.717, 1.165) is 113 Å². The molecule has 0 bridgehead atoms. The number of aliphatic hydroxyl groups is 1. The van der Waals surface area contributed by atoms with E-state index in [1.54, 1.807) is 12.1 Å². The number of carbonyl (C=O) groups is 2. The summed E-state index contributed by atoms with van der Waals surface area (Å²) in [5.41, 5.74) is 6.79. The van der Waals surface area contributed by atoms with Gasteiger partial charge in [-0.3, -0.25) is 24.7 Å². The Morgan fingerprint density at radius 1 is 0.914 bits per heavy atom. The average molecular weight is 786 g/mol. The van der Waals surface area contributed by atoms with Gasteiger partial charge >= 0.3 is 0 Å². The number of benzene rings is 3. The zero-order chi connectivity index (χ0) is 39.8. The molecule has 5 aromatic rings. The van der Waals surface area contributed by atoms with Gasteiger partial charge in [-0.1, -0.05) is 61.9 Å². The highest BCUT2D eigenvalue weighted by Crippen LogP contribution is 2.37. The second-order valence-corrected chi connectivity index (χ2v) is 15.9. The van der Waals surface area contributed by atoms with Gasteiger partial charge in [-0.05, 0) is 79.0 Å². The Labute approximate surface area is 340 Å². The molecule has 3 aromatic carbocycles. The lowest BCUT2D eigenvalue weighted by atomic mass is 9.93. The Balaban J connectivity index is 0.790. The number of amides is 2. The van der Waals surface area contributed by atoms with Gasteiger partial charge in [0, 0.05) is 75.2 Å². The lowest BCUT2D eigenvalue weighted by molar-refractivity contribution is -0.119. The van der Waals surface area contributed by atoms with Gasteiger partial charge in [0.25, 0.3) is 5.91 Å². The molecule has 8 rings (SSSR count). The van der Waals surface area contributed by atoms with E-state index in [-0.39, 0.29) is 18.4 Å². The summed E-state index contributed by atoms with van der Waals surface area (Å²) < 4.78 is 14.5. The Morgan fingerprint density at radius 3 is 2.52 bits per heavy atom. The maximum Gasteiger partial charge on any atom is 0.261 e. The normalized spacial score (nSPS) is 18.9. The Morgan fingerprint density at radius 2 is 1.71 bits per heavy atom. The average Bonchev–Trinajstić information content (AvgIpc) is 3.61. The largest absolute Gasteiger partial charge is 0.457 e. The van der Waals surface area contributed by atoms with E-state index in [1.165, 1.54) is 11.1 Å². The quantitative estimate of drug-likeness (QED) is 0.0728. The molecule has 1 saturated heterocycles. The molecular weight excluding hydrogens is 731 g/mol. The summed E-state index contributed by atoms with van der Waals surface area (Å²) in [6, 6.07) is 22.5. The molecule has 3 N–H and O–H groups in total. The van der Waals surface area contributed by atoms with Crippen molar-refractivity contribution in [3.05, 3.63) is 101 Å². The lowest BCUT2D eigenvalue weighted by Crippen LogP contribution is -2.46. The minimum Gasteiger partial charge on any atom is -0.457 e. The Bertz CT molecular complexity index is 2190. The van der Waals surface area contributed by atoms with E-state index < -0.39 is 5.91 Å². The smallest absolute Gasteiger partial charge is 0.261 e. The number of hydrogen-bond acceptors (Lipinski definition) is 10. The van der Waals surface area contributed by atoms with Crippen LogP contribution in [-0.4, -0.2) is 99.8 Å². The SMILES string of the molecule is CCCCNc1ncc2c(-c3ccc(CN4CCN(CCOCCc5cccc(Oc6cccc7c6C(=O)NC(=O)C7)c5)CC4)cc3)cn([C@H]3CC[C@H](O)CC3)c2n1. The highest BCUT2D eigenvalue weighted by molar-refractivity contribution is 6.11. The molecule has 12 nitrogen and oxygen atoms in total. The number of rotatable bonds is 16. The monoisotopic (exact) mass is 785 g/mol. The number of imide groups is 1. The van der Waals surface area contributed by atoms with Crippen molar-refractivity contribution in [2.24, 2.45) is 0 Å². The number of nitrogens with zero attached hydrogens (tertiary/aromatic N) is 5. The molecular formula is C46H55N7O5. The highest BCUT2D eigenvalue weighted by Gasteiger charge is 2.27. The number of carbonyl (C=O) groups excluding carboxylic acids is 2. The molecule has 3 aliphatic rings. The molecule has 4 heterocycles. The highest BCUT2D eigenvalue weighted by atomic mass is 16.5. The molecule has 1 aliphatic carbocycles. The number of piperazine rings is 1. The fourth-order valence-electron chi connectivity index (χ4n) is 8.41. The van der Waals surface area contributed by atoms with E-state index in [4.69, 9.17) is 14.5 Å². The predicted molar refractivity (Wildman–Crippen MR) is 225 cm³/mol. The number of aromatic nitrogens is 3. The van der Waals surface area contributed by atoms with Crippen molar-refractivity contribution in [3.8, 4) is 22.6 Å². The van der Waals surface area contributed by atoms with Crippen molar-refractivity contribution in [2.45, 2.75) is 77.0 Å². The molecule has 0 radical (unpaired) electrons. The van der Waals surface area contributed by atoms with E-state index in [0.29, 0.717) is 47.8 Å². The first-order valence-electron chi connectivity index (χ1n) is 21.0. The molecule has 1 saturated carbocycles. The van der Waals surface area contributed by atoms with Crippen LogP contribution in [0.25, 0.3) is 22.2 Å². The van der Waals surface area contributed by atoms with E-state index in [9.17, 15) is 14.7 Å². The molecule has 2 aromatic heterocycles. The summed E-state index contributed by atoms with van der Waals surface area (Å²) in [6.07, 6.45) is 10.7. The summed E-state index contributed by atoms with van der Waals surface area (Å²) in [7, 11) is 0. The third kappa shape index (κ3) is 9.58. The molecule has 58 heavy (non-hydrogen) atoms. The van der Waals surface area contributed by atoms with Crippen molar-refractivity contribution < 1.29 is 24.2 Å². The van der Waals surface area contributed by atoms with Gasteiger partial charge in [0.15, 0.2) is 0 Å². The van der Waals surface area contributed by atoms with Crippen molar-refractivity contribution in [1.82, 2.24) is 29.7 Å². The van der Waals surface area contributed by atoms with E-state index in [1.807, 2.05) is 30.5 Å². The van der Waals surface area contributed by atoms with Crippen molar-refractivity contribution in [1.29, 1.82) is 0 Å². The number of fused-ring (bicyclic) bond motifs is 2. The van der Waals surface area contributed by atoms with Gasteiger partial charge in [-0.25, -0.2) is 4.98 Å². The third-order valence-corrected chi connectivity index (χ3v) is 11.7. The maximum atomic E-state index is 12.5. The second kappa shape index (κ2) is 18.6. The van der Waals surface area contributed by atoms with Gasteiger partial charge in [0.1, 0.15) is 17.1 Å². The van der Waals surface area contributed by atoms with Gasteiger partial charge in [-0.15, -0.1) is 0 Å². The van der Waals surface area contributed by atoms with Crippen LogP contribution in [0, 0.1) is 0 Å². The number of anilines is 1. The fraction of sp³-hybridized carbons (Fsp3) is 0.435. The summed E-state index contributed by atoms with van der Waals surface area (Å²) in [5.74, 6) is 1.05. The predicted octanol–water partition coefficient (Wildman–Crippen LogP) is 6.77. The molecule has 12 heteroatoms. The topological polar surface area (TPSA) is 134 Å². The van der Waals surface area contributed by atoms with Crippen LogP contribution < -0.4 is 15.4 Å². The van der Waals surface area contributed by atoms with Crippen LogP contribution in [0.2, 0.25) is 0 Å². The molecule has 0 unspecified atom stereocenters. The van der Waals surface area contributed by atoms with Crippen LogP contribution in [0.5, 0.6) is 11.5 Å². The molecule has 0 atom stereocenters. The summed E-state index contributed by atoms with van der Waals surface area (Å²) >= 11 is 0. The number of nitrogens with one attached hydrogen (secondary N) is 2. The zero-order valence-electron chi connectivity index (χ0n) is 33.5. The number of unbranched alkanes of at least 4 members (excludes halogenated alkanes) is 1. The molecule has 2 aliphatic heterocycles. The first kappa shape index (κ1) is 39.7. The second-order valence-electron chi connectivity index (χ2n) is 15.9. The zero-order valence-corrected chi connectivity index (χ0v) is 33.5. The minimum absolute atomic E-state index is 0.166.